The first-order chi connectivity index (χ1) is 17.3. The number of carbonyl (C=O) groups is 1. The number of aromatic nitrogens is 1. The number of pyridine rings is 1. The molecule has 0 fully saturated rings. The standard InChI is InChI=1S/C28H39NO7/c1-6-35-27(32)21-17-29-22(16-23(21)31)20-15-24(34-5)25(36-12-10-8-7-9-11-30)13-19(20)14-26(29)28(2,3)18-33-4/h13,15-17,26,30H,6-12,14,18H2,1-5H3. The van der Waals surface area contributed by atoms with Gasteiger partial charge in [0.15, 0.2) is 16.9 Å². The predicted molar refractivity (Wildman–Crippen MR) is 138 cm³/mol. The summed E-state index contributed by atoms with van der Waals surface area (Å²) in [7, 11) is 3.27. The van der Waals surface area contributed by atoms with E-state index in [0.29, 0.717) is 31.1 Å². The van der Waals surface area contributed by atoms with Crippen LogP contribution in [0.1, 0.15) is 68.4 Å². The molecule has 0 aliphatic carbocycles. The number of methoxy groups -OCH3 is 2. The van der Waals surface area contributed by atoms with Crippen LogP contribution in [0.15, 0.2) is 29.2 Å². The molecule has 1 aromatic carbocycles. The van der Waals surface area contributed by atoms with Gasteiger partial charge in [0, 0.05) is 43.0 Å². The van der Waals surface area contributed by atoms with E-state index >= 15 is 0 Å². The van der Waals surface area contributed by atoms with Crippen molar-refractivity contribution in [3.8, 4) is 22.8 Å². The minimum atomic E-state index is -0.618. The van der Waals surface area contributed by atoms with Crippen LogP contribution in [0.2, 0.25) is 0 Å². The molecule has 0 spiro atoms. The van der Waals surface area contributed by atoms with E-state index in [4.69, 9.17) is 24.1 Å². The zero-order valence-corrected chi connectivity index (χ0v) is 22.1. The number of carbonyl (C=O) groups excluding carboxylic acids is 1. The average Bonchev–Trinajstić information content (AvgIpc) is 2.84. The minimum absolute atomic E-state index is 0.0235. The van der Waals surface area contributed by atoms with Gasteiger partial charge in [-0.3, -0.25) is 4.79 Å². The van der Waals surface area contributed by atoms with Crippen LogP contribution in [0.4, 0.5) is 0 Å². The molecule has 2 aromatic rings. The van der Waals surface area contributed by atoms with Crippen molar-refractivity contribution in [3.63, 3.8) is 0 Å². The molecule has 0 radical (unpaired) electrons. The second kappa shape index (κ2) is 12.4. The normalized spacial score (nSPS) is 14.7. The Morgan fingerprint density at radius 1 is 1.11 bits per heavy atom. The molecule has 198 valence electrons. The maximum atomic E-state index is 13.0. The number of hydrogen-bond donors (Lipinski definition) is 1. The molecule has 3 rings (SSSR count). The third-order valence-electron chi connectivity index (χ3n) is 6.72. The van der Waals surface area contributed by atoms with Crippen molar-refractivity contribution in [1.29, 1.82) is 0 Å². The van der Waals surface area contributed by atoms with Crippen molar-refractivity contribution >= 4 is 5.97 Å². The zero-order chi connectivity index (χ0) is 26.3. The van der Waals surface area contributed by atoms with E-state index in [1.807, 2.05) is 16.7 Å². The smallest absolute Gasteiger partial charge is 0.343 e. The Morgan fingerprint density at radius 3 is 2.53 bits per heavy atom. The molecule has 0 saturated heterocycles. The first kappa shape index (κ1) is 27.7. The van der Waals surface area contributed by atoms with E-state index < -0.39 is 5.97 Å². The molecule has 0 bridgehead atoms. The molecule has 1 aromatic heterocycles. The Bertz CT molecular complexity index is 1110. The van der Waals surface area contributed by atoms with Gasteiger partial charge in [0.05, 0.1) is 32.6 Å². The third-order valence-corrected chi connectivity index (χ3v) is 6.72. The van der Waals surface area contributed by atoms with Crippen LogP contribution in [-0.2, 0) is 15.9 Å². The Labute approximate surface area is 213 Å². The summed E-state index contributed by atoms with van der Waals surface area (Å²) in [4.78, 5) is 25.5. The lowest BCUT2D eigenvalue weighted by Crippen LogP contribution is -2.37. The number of benzene rings is 1. The summed E-state index contributed by atoms with van der Waals surface area (Å²) < 4.78 is 24.4. The summed E-state index contributed by atoms with van der Waals surface area (Å²) in [6.07, 6.45) is 5.94. The molecule has 1 aliphatic rings. The molecule has 8 nitrogen and oxygen atoms in total. The minimum Gasteiger partial charge on any atom is -0.493 e. The van der Waals surface area contributed by atoms with Crippen LogP contribution in [0.5, 0.6) is 11.5 Å². The Morgan fingerprint density at radius 2 is 1.86 bits per heavy atom. The van der Waals surface area contributed by atoms with Gasteiger partial charge in [0.25, 0.3) is 0 Å². The van der Waals surface area contributed by atoms with Gasteiger partial charge in [0.2, 0.25) is 0 Å². The van der Waals surface area contributed by atoms with Crippen LogP contribution in [0.3, 0.4) is 0 Å². The fourth-order valence-electron chi connectivity index (χ4n) is 4.84. The summed E-state index contributed by atoms with van der Waals surface area (Å²) in [5.74, 6) is 0.639. The molecule has 1 N–H and O–H groups in total. The molecule has 1 atom stereocenters. The summed E-state index contributed by atoms with van der Waals surface area (Å²) in [6, 6.07) is 5.35. The van der Waals surface area contributed by atoms with E-state index in [1.165, 1.54) is 6.07 Å². The van der Waals surface area contributed by atoms with E-state index in [2.05, 4.69) is 13.8 Å². The molecule has 0 saturated carbocycles. The highest BCUT2D eigenvalue weighted by Crippen LogP contribution is 2.46. The second-order valence-electron chi connectivity index (χ2n) is 9.85. The maximum Gasteiger partial charge on any atom is 0.343 e. The van der Waals surface area contributed by atoms with Gasteiger partial charge in [-0.15, -0.1) is 0 Å². The number of fused-ring (bicyclic) bond motifs is 3. The van der Waals surface area contributed by atoms with Gasteiger partial charge in [-0.1, -0.05) is 20.3 Å². The monoisotopic (exact) mass is 501 g/mol. The molecular formula is C28H39NO7. The third kappa shape index (κ3) is 6.10. The maximum absolute atomic E-state index is 13.0. The summed E-state index contributed by atoms with van der Waals surface area (Å²) in [5.41, 5.74) is 1.99. The topological polar surface area (TPSA) is 96.2 Å². The number of rotatable bonds is 13. The average molecular weight is 502 g/mol. The van der Waals surface area contributed by atoms with E-state index in [-0.39, 0.29) is 35.7 Å². The lowest BCUT2D eigenvalue weighted by atomic mass is 9.77. The van der Waals surface area contributed by atoms with E-state index in [0.717, 1.165) is 42.5 Å². The fraction of sp³-hybridized carbons (Fsp3) is 0.571. The van der Waals surface area contributed by atoms with Crippen LogP contribution < -0.4 is 14.9 Å². The van der Waals surface area contributed by atoms with Crippen molar-refractivity contribution in [2.75, 3.05) is 40.6 Å². The van der Waals surface area contributed by atoms with Crippen LogP contribution in [0, 0.1) is 5.41 Å². The largest absolute Gasteiger partial charge is 0.493 e. The van der Waals surface area contributed by atoms with Gasteiger partial charge in [0.1, 0.15) is 5.56 Å². The van der Waals surface area contributed by atoms with Crippen LogP contribution >= 0.6 is 0 Å². The van der Waals surface area contributed by atoms with Gasteiger partial charge in [-0.2, -0.15) is 0 Å². The highest BCUT2D eigenvalue weighted by atomic mass is 16.5. The second-order valence-corrected chi connectivity index (χ2v) is 9.85. The van der Waals surface area contributed by atoms with E-state index in [1.54, 1.807) is 27.3 Å². The number of aliphatic hydroxyl groups is 1. The SMILES string of the molecule is CCOC(=O)c1cn2c(cc1=O)-c1cc(OC)c(OCCCCCCO)cc1CC2C(C)(C)COC. The van der Waals surface area contributed by atoms with Crippen molar-refractivity contribution in [2.45, 2.75) is 58.9 Å². The summed E-state index contributed by atoms with van der Waals surface area (Å²) in [6.45, 7) is 7.42. The molecule has 2 heterocycles. The molecule has 1 unspecified atom stereocenters. The van der Waals surface area contributed by atoms with Crippen LogP contribution in [-0.4, -0.2) is 56.3 Å². The number of nitrogens with zero attached hydrogens (tertiary/aromatic N) is 1. The van der Waals surface area contributed by atoms with Crippen molar-refractivity contribution in [3.05, 3.63) is 45.7 Å². The Balaban J connectivity index is 2.05. The van der Waals surface area contributed by atoms with Crippen molar-refractivity contribution in [1.82, 2.24) is 4.57 Å². The van der Waals surface area contributed by atoms with Gasteiger partial charge >= 0.3 is 5.97 Å². The number of hydrogen-bond acceptors (Lipinski definition) is 7. The zero-order valence-electron chi connectivity index (χ0n) is 22.1. The van der Waals surface area contributed by atoms with Crippen molar-refractivity contribution in [2.24, 2.45) is 5.41 Å². The predicted octanol–water partition coefficient (Wildman–Crippen LogP) is 4.40. The number of esters is 1. The lowest BCUT2D eigenvalue weighted by molar-refractivity contribution is 0.0516. The quantitative estimate of drug-likeness (QED) is 0.321. The molecular weight excluding hydrogens is 462 g/mol. The first-order valence-corrected chi connectivity index (χ1v) is 12.6. The first-order valence-electron chi connectivity index (χ1n) is 12.6. The summed E-state index contributed by atoms with van der Waals surface area (Å²) in [5, 5.41) is 8.95. The van der Waals surface area contributed by atoms with Gasteiger partial charge in [-0.25, -0.2) is 4.79 Å². The number of ether oxygens (including phenoxy) is 4. The highest BCUT2D eigenvalue weighted by molar-refractivity contribution is 5.89. The fourth-order valence-corrected chi connectivity index (χ4v) is 4.84. The van der Waals surface area contributed by atoms with Crippen molar-refractivity contribution < 1.29 is 28.8 Å². The van der Waals surface area contributed by atoms with E-state index in [9.17, 15) is 9.59 Å². The highest BCUT2D eigenvalue weighted by Gasteiger charge is 2.37. The number of unbranched alkanes of at least 4 members (excludes halogenated alkanes) is 3. The van der Waals surface area contributed by atoms with Crippen LogP contribution in [0.25, 0.3) is 11.3 Å². The molecule has 1 aliphatic heterocycles. The molecule has 36 heavy (non-hydrogen) atoms. The Hall–Kier alpha value is -2.84. The lowest BCUT2D eigenvalue weighted by Gasteiger charge is -2.40. The molecule has 8 heteroatoms. The number of aliphatic hydroxyl groups excluding tert-OH is 1. The Kier molecular flexibility index (Phi) is 9.56. The molecule has 0 amide bonds. The van der Waals surface area contributed by atoms with Gasteiger partial charge < -0.3 is 28.6 Å². The summed E-state index contributed by atoms with van der Waals surface area (Å²) >= 11 is 0. The van der Waals surface area contributed by atoms with Gasteiger partial charge in [-0.05, 0) is 50.3 Å².